The predicted octanol–water partition coefficient (Wildman–Crippen LogP) is 6.88. The highest BCUT2D eigenvalue weighted by Crippen LogP contribution is 1.99. The number of nitrogens with one attached hydrogen (secondary N) is 2. The zero-order valence-corrected chi connectivity index (χ0v) is 27.4. The minimum atomic E-state index is 0.201. The van der Waals surface area contributed by atoms with Crippen molar-refractivity contribution in [3.8, 4) is 0 Å². The van der Waals surface area contributed by atoms with Crippen LogP contribution in [0, 0.1) is 12.1 Å². The molecule has 0 saturated carbocycles. The van der Waals surface area contributed by atoms with Gasteiger partial charge in [-0.25, -0.2) is 9.97 Å². The lowest BCUT2D eigenvalue weighted by Gasteiger charge is -2.00. The molecule has 4 aromatic heterocycles. The van der Waals surface area contributed by atoms with E-state index in [1.54, 1.807) is 30.7 Å². The van der Waals surface area contributed by atoms with Gasteiger partial charge in [-0.05, 0) is 99.8 Å². The highest BCUT2D eigenvalue weighted by Gasteiger charge is 1.93. The van der Waals surface area contributed by atoms with E-state index >= 15 is 0 Å². The first-order chi connectivity index (χ1) is 20.9. The van der Waals surface area contributed by atoms with Crippen LogP contribution in [0.3, 0.4) is 0 Å². The molecule has 43 heavy (non-hydrogen) atoms. The molecule has 0 amide bonds. The smallest absolute Gasteiger partial charge is 0.286 e. The number of pyridine rings is 4. The lowest BCUT2D eigenvalue weighted by molar-refractivity contribution is -0.603. The third-order valence-electron chi connectivity index (χ3n) is 4.61. The number of rotatable bonds is 8. The Morgan fingerprint density at radius 2 is 1.07 bits per heavy atom. The van der Waals surface area contributed by atoms with Crippen LogP contribution in [-0.2, 0) is 0 Å². The Morgan fingerprint density at radius 3 is 1.30 bits per heavy atom. The molecule has 238 valence electrons. The van der Waals surface area contributed by atoms with Crippen molar-refractivity contribution in [2.24, 2.45) is 11.5 Å². The largest absolute Gasteiger partial charge is 0.618 e. The van der Waals surface area contributed by atoms with Crippen LogP contribution in [-0.4, -0.2) is 41.1 Å². The molecule has 0 bridgehead atoms. The van der Waals surface area contributed by atoms with Crippen molar-refractivity contribution < 1.29 is 4.73 Å². The van der Waals surface area contributed by atoms with Gasteiger partial charge in [0.05, 0.1) is 0 Å². The van der Waals surface area contributed by atoms with E-state index in [-0.39, 0.29) is 5.15 Å². The number of nitrogens with zero attached hydrogens (tertiary/aromatic N) is 4. The standard InChI is InChI=1S/2C8H12N2.C6H7N.C5H4ClNO.2C3H9N/c2*1-2-6-9-8-5-3-4-7-10-8;1-6-4-2-3-5-7-6;6-5-3-1-2-4-7(5)8;2*1-2-3-4/h2*3-5,7H,2,6H2,1H3,(H,9,10);2-5H,1H3;1-4H;2*2-4H2,1H3. The summed E-state index contributed by atoms with van der Waals surface area (Å²) in [6.45, 7) is 14.0. The molecule has 0 fully saturated rings. The van der Waals surface area contributed by atoms with E-state index in [4.69, 9.17) is 23.1 Å². The summed E-state index contributed by atoms with van der Waals surface area (Å²) < 4.78 is 0.599. The van der Waals surface area contributed by atoms with Crippen molar-refractivity contribution in [2.75, 3.05) is 36.8 Å². The van der Waals surface area contributed by atoms with Crippen molar-refractivity contribution in [3.05, 3.63) is 114 Å². The summed E-state index contributed by atoms with van der Waals surface area (Å²) in [4.78, 5) is 12.2. The zero-order valence-electron chi connectivity index (χ0n) is 26.6. The van der Waals surface area contributed by atoms with Gasteiger partial charge in [-0.3, -0.25) is 4.98 Å². The zero-order chi connectivity index (χ0) is 32.4. The van der Waals surface area contributed by atoms with Gasteiger partial charge in [-0.1, -0.05) is 45.9 Å². The van der Waals surface area contributed by atoms with E-state index in [0.29, 0.717) is 4.73 Å². The Kier molecular flexibility index (Phi) is 31.5. The van der Waals surface area contributed by atoms with Crippen molar-refractivity contribution >= 4 is 23.2 Å². The molecule has 0 unspecified atom stereocenters. The first kappa shape index (κ1) is 41.3. The minimum Gasteiger partial charge on any atom is -0.618 e. The SMILES string of the molecule is CCCN.CCCN.CCCNc1ccccn1.CCCNc1ccccn1.Cc1ccccn1.[O-][n+]1ccccc1Cl. The number of hydrogen-bond donors (Lipinski definition) is 4. The highest BCUT2D eigenvalue weighted by atomic mass is 35.5. The second-order valence-electron chi connectivity index (χ2n) is 8.68. The van der Waals surface area contributed by atoms with E-state index in [1.807, 2.05) is 61.5 Å². The summed E-state index contributed by atoms with van der Waals surface area (Å²) in [5.74, 6) is 1.92. The van der Waals surface area contributed by atoms with E-state index in [2.05, 4.69) is 53.3 Å². The van der Waals surface area contributed by atoms with Crippen molar-refractivity contribution in [1.82, 2.24) is 15.0 Å². The van der Waals surface area contributed by atoms with Gasteiger partial charge < -0.3 is 27.3 Å². The van der Waals surface area contributed by atoms with Crippen LogP contribution in [0.25, 0.3) is 0 Å². The van der Waals surface area contributed by atoms with Crippen molar-refractivity contribution in [1.29, 1.82) is 0 Å². The summed E-state index contributed by atoms with van der Waals surface area (Å²) >= 11 is 5.36. The van der Waals surface area contributed by atoms with Crippen molar-refractivity contribution in [2.45, 2.75) is 60.3 Å². The van der Waals surface area contributed by atoms with Crippen LogP contribution in [0.4, 0.5) is 11.6 Å². The number of hydrogen-bond acceptors (Lipinski definition) is 8. The summed E-state index contributed by atoms with van der Waals surface area (Å²) in [6.07, 6.45) is 11.2. The monoisotopic (exact) mass is 612 g/mol. The molecule has 0 aliphatic heterocycles. The number of anilines is 2. The summed E-state index contributed by atoms with van der Waals surface area (Å²) in [7, 11) is 0. The van der Waals surface area contributed by atoms with E-state index in [9.17, 15) is 5.21 Å². The first-order valence-electron chi connectivity index (χ1n) is 14.8. The quantitative estimate of drug-likeness (QED) is 0.0958. The molecular formula is C33H53ClN8O. The predicted molar refractivity (Wildman–Crippen MR) is 184 cm³/mol. The van der Waals surface area contributed by atoms with Gasteiger partial charge >= 0.3 is 0 Å². The Hall–Kier alpha value is -3.79. The van der Waals surface area contributed by atoms with Crippen LogP contribution in [0.2, 0.25) is 5.15 Å². The van der Waals surface area contributed by atoms with Gasteiger partial charge in [0.25, 0.3) is 5.15 Å². The molecule has 10 heteroatoms. The van der Waals surface area contributed by atoms with E-state index in [1.165, 1.54) is 12.3 Å². The molecule has 0 atom stereocenters. The molecule has 0 aromatic carbocycles. The molecule has 0 spiro atoms. The summed E-state index contributed by atoms with van der Waals surface area (Å²) in [5, 5.41) is 17.0. The number of aryl methyl sites for hydroxylation is 1. The molecule has 0 aliphatic rings. The molecule has 9 nitrogen and oxygen atoms in total. The summed E-state index contributed by atoms with van der Waals surface area (Å²) in [5.41, 5.74) is 11.1. The lowest BCUT2D eigenvalue weighted by atomic mass is 10.4. The second kappa shape index (κ2) is 32.7. The Bertz CT molecular complexity index is 1010. The highest BCUT2D eigenvalue weighted by molar-refractivity contribution is 6.28. The van der Waals surface area contributed by atoms with Gasteiger partial charge in [-0.2, -0.15) is 4.73 Å². The maximum absolute atomic E-state index is 10.4. The topological polar surface area (TPSA) is 142 Å². The average Bonchev–Trinajstić information content (AvgIpc) is 3.06. The normalized spacial score (nSPS) is 8.84. The maximum Gasteiger partial charge on any atom is 0.286 e. The fourth-order valence-electron chi connectivity index (χ4n) is 2.30. The lowest BCUT2D eigenvalue weighted by Crippen LogP contribution is -2.25. The number of halogens is 1. The molecule has 0 aliphatic carbocycles. The number of aromatic nitrogens is 4. The molecule has 4 aromatic rings. The Morgan fingerprint density at radius 1 is 0.651 bits per heavy atom. The number of nitrogens with two attached hydrogens (primary N) is 2. The first-order valence-corrected chi connectivity index (χ1v) is 15.2. The fourth-order valence-corrected chi connectivity index (χ4v) is 2.43. The third-order valence-corrected chi connectivity index (χ3v) is 4.90. The molecule has 0 radical (unpaired) electrons. The Labute approximate surface area is 264 Å². The second-order valence-corrected chi connectivity index (χ2v) is 9.07. The average molecular weight is 613 g/mol. The molecule has 0 saturated heterocycles. The van der Waals surface area contributed by atoms with Crippen LogP contribution in [0.1, 0.15) is 59.1 Å². The van der Waals surface area contributed by atoms with Crippen LogP contribution < -0.4 is 26.8 Å². The van der Waals surface area contributed by atoms with Gasteiger partial charge in [0.1, 0.15) is 11.6 Å². The van der Waals surface area contributed by atoms with Gasteiger partial charge in [0.2, 0.25) is 0 Å². The molecule has 4 rings (SSSR count). The molecule has 4 heterocycles. The third kappa shape index (κ3) is 29.5. The minimum absolute atomic E-state index is 0.201. The fraction of sp³-hybridized carbons (Fsp3) is 0.394. The van der Waals surface area contributed by atoms with Crippen LogP contribution >= 0.6 is 11.6 Å². The van der Waals surface area contributed by atoms with E-state index < -0.39 is 0 Å². The van der Waals surface area contributed by atoms with E-state index in [0.717, 1.165) is 69.2 Å². The van der Waals surface area contributed by atoms with Crippen molar-refractivity contribution in [3.63, 3.8) is 0 Å². The molecular weight excluding hydrogens is 560 g/mol. The van der Waals surface area contributed by atoms with Gasteiger partial charge in [0.15, 0.2) is 6.20 Å². The van der Waals surface area contributed by atoms with Crippen LogP contribution in [0.15, 0.2) is 97.6 Å². The van der Waals surface area contributed by atoms with Gasteiger partial charge in [-0.15, -0.1) is 0 Å². The van der Waals surface area contributed by atoms with Gasteiger partial charge in [0, 0.05) is 49.5 Å². The Balaban J connectivity index is 0. The molecule has 6 N–H and O–H groups in total. The van der Waals surface area contributed by atoms with Crippen LogP contribution in [0.5, 0.6) is 0 Å². The summed E-state index contributed by atoms with van der Waals surface area (Å²) in [6, 6.07) is 22.4. The maximum atomic E-state index is 10.4.